The van der Waals surface area contributed by atoms with Gasteiger partial charge in [-0.1, -0.05) is 66.7 Å². The van der Waals surface area contributed by atoms with E-state index >= 15 is 0 Å². The van der Waals surface area contributed by atoms with Crippen LogP contribution < -0.4 is 9.64 Å². The summed E-state index contributed by atoms with van der Waals surface area (Å²) in [5, 5.41) is 0. The van der Waals surface area contributed by atoms with Crippen LogP contribution in [0.5, 0.6) is 5.75 Å². The smallest absolute Gasteiger partial charge is 0.338 e. The number of fused-ring (bicyclic) bond motifs is 5. The predicted octanol–water partition coefficient (Wildman–Crippen LogP) is 6.62. The molecule has 1 aliphatic heterocycles. The van der Waals surface area contributed by atoms with Gasteiger partial charge in [0.2, 0.25) is 17.6 Å². The molecule has 0 unspecified atom stereocenters. The minimum absolute atomic E-state index is 0.133. The van der Waals surface area contributed by atoms with Crippen molar-refractivity contribution < 1.29 is 28.7 Å². The Morgan fingerprint density at radius 1 is 0.778 bits per heavy atom. The molecule has 226 valence electrons. The number of hydrogen-bond acceptors (Lipinski definition) is 6. The first-order valence-corrected chi connectivity index (χ1v) is 15.4. The third-order valence-electron chi connectivity index (χ3n) is 9.62. The quantitative estimate of drug-likeness (QED) is 0.122. The molecule has 2 saturated carbocycles. The Balaban J connectivity index is 1.00. The molecule has 4 aromatic rings. The van der Waals surface area contributed by atoms with Gasteiger partial charge in [-0.2, -0.15) is 0 Å². The van der Waals surface area contributed by atoms with Gasteiger partial charge in [0.25, 0.3) is 0 Å². The van der Waals surface area contributed by atoms with E-state index in [1.54, 1.807) is 42.5 Å². The molecule has 7 nitrogen and oxygen atoms in total. The number of amides is 2. The highest BCUT2D eigenvalue weighted by Crippen LogP contribution is 2.61. The number of nitrogens with zero attached hydrogens (tertiary/aromatic N) is 1. The highest BCUT2D eigenvalue weighted by molar-refractivity contribution is 6.23. The van der Waals surface area contributed by atoms with Crippen molar-refractivity contribution in [3.8, 4) is 5.75 Å². The molecule has 7 heteroatoms. The van der Waals surface area contributed by atoms with E-state index in [9.17, 15) is 19.2 Å². The van der Waals surface area contributed by atoms with Crippen LogP contribution in [0.15, 0.2) is 109 Å². The van der Waals surface area contributed by atoms with E-state index in [4.69, 9.17) is 9.47 Å². The van der Waals surface area contributed by atoms with Crippen molar-refractivity contribution in [2.45, 2.75) is 38.4 Å². The lowest BCUT2D eigenvalue weighted by Gasteiger charge is -2.28. The highest BCUT2D eigenvalue weighted by atomic mass is 16.5. The molecule has 7 rings (SSSR count). The first-order valence-electron chi connectivity index (χ1n) is 15.4. The molecule has 0 radical (unpaired) electrons. The maximum absolute atomic E-state index is 13.7. The van der Waals surface area contributed by atoms with Crippen molar-refractivity contribution >= 4 is 29.3 Å². The molecule has 2 bridgehead atoms. The molecule has 2 amide bonds. The number of carbonyl (C=O) groups excluding carboxylic acids is 4. The first kappa shape index (κ1) is 28.7. The summed E-state index contributed by atoms with van der Waals surface area (Å²) in [6.07, 6.45) is 0.754. The van der Waals surface area contributed by atoms with Crippen LogP contribution in [0, 0.1) is 23.7 Å². The monoisotopic (exact) mass is 599 g/mol. The van der Waals surface area contributed by atoms with E-state index in [0.717, 1.165) is 18.4 Å². The van der Waals surface area contributed by atoms with Gasteiger partial charge in [0.05, 0.1) is 23.1 Å². The Morgan fingerprint density at radius 2 is 1.47 bits per heavy atom. The third-order valence-corrected chi connectivity index (χ3v) is 9.62. The van der Waals surface area contributed by atoms with Crippen LogP contribution in [0.3, 0.4) is 0 Å². The predicted molar refractivity (Wildman–Crippen MR) is 168 cm³/mol. The fraction of sp³-hybridized carbons (Fsp3) is 0.263. The van der Waals surface area contributed by atoms with Gasteiger partial charge in [0.1, 0.15) is 12.4 Å². The molecule has 45 heavy (non-hydrogen) atoms. The van der Waals surface area contributed by atoms with Crippen molar-refractivity contribution in [3.05, 3.63) is 131 Å². The van der Waals surface area contributed by atoms with Crippen LogP contribution in [-0.2, 0) is 20.9 Å². The van der Waals surface area contributed by atoms with Gasteiger partial charge < -0.3 is 9.47 Å². The Bertz CT molecular complexity index is 1750. The lowest BCUT2D eigenvalue weighted by molar-refractivity contribution is -0.123. The Labute approximate surface area is 261 Å². The molecule has 2 aliphatic carbocycles. The average Bonchev–Trinajstić information content (AvgIpc) is 3.75. The number of Topliss-reactive ketones (excluding diaryl/α,β-unsaturated/α-hetero) is 1. The molecule has 0 N–H and O–H groups in total. The van der Waals surface area contributed by atoms with E-state index < -0.39 is 12.1 Å². The second-order valence-corrected chi connectivity index (χ2v) is 12.2. The molecular weight excluding hydrogens is 566 g/mol. The summed E-state index contributed by atoms with van der Waals surface area (Å²) in [7, 11) is 0. The zero-order valence-electron chi connectivity index (χ0n) is 24.9. The van der Waals surface area contributed by atoms with Crippen molar-refractivity contribution in [1.82, 2.24) is 0 Å². The van der Waals surface area contributed by atoms with Crippen LogP contribution in [0.4, 0.5) is 5.69 Å². The first-order chi connectivity index (χ1) is 21.9. The zero-order valence-corrected chi connectivity index (χ0v) is 24.9. The summed E-state index contributed by atoms with van der Waals surface area (Å²) >= 11 is 0. The van der Waals surface area contributed by atoms with Gasteiger partial charge in [-0.05, 0) is 91.1 Å². The topological polar surface area (TPSA) is 90.0 Å². The number of ketones is 1. The van der Waals surface area contributed by atoms with Gasteiger partial charge in [-0.25, -0.2) is 4.79 Å². The Kier molecular flexibility index (Phi) is 7.53. The van der Waals surface area contributed by atoms with Crippen LogP contribution >= 0.6 is 0 Å². The molecule has 4 aromatic carbocycles. The van der Waals surface area contributed by atoms with Crippen LogP contribution in [0.2, 0.25) is 0 Å². The van der Waals surface area contributed by atoms with E-state index in [2.05, 4.69) is 12.1 Å². The largest absolute Gasteiger partial charge is 0.489 e. The highest BCUT2D eigenvalue weighted by Gasteiger charge is 2.64. The maximum atomic E-state index is 13.7. The molecule has 0 aromatic heterocycles. The maximum Gasteiger partial charge on any atom is 0.338 e. The van der Waals surface area contributed by atoms with Crippen molar-refractivity contribution in [1.29, 1.82) is 0 Å². The van der Waals surface area contributed by atoms with Crippen molar-refractivity contribution in [2.24, 2.45) is 23.7 Å². The average molecular weight is 600 g/mol. The van der Waals surface area contributed by atoms with Gasteiger partial charge in [0, 0.05) is 5.56 Å². The summed E-state index contributed by atoms with van der Waals surface area (Å²) in [5.74, 6) is -0.889. The number of ether oxygens (including phenoxy) is 2. The minimum atomic E-state index is -1.04. The van der Waals surface area contributed by atoms with Crippen LogP contribution in [0.25, 0.3) is 0 Å². The molecule has 1 saturated heterocycles. The number of anilines is 1. The normalized spacial score (nSPS) is 23.9. The fourth-order valence-electron chi connectivity index (χ4n) is 7.54. The number of carbonyl (C=O) groups is 4. The van der Waals surface area contributed by atoms with E-state index in [1.165, 1.54) is 23.5 Å². The number of rotatable bonds is 9. The zero-order chi connectivity index (χ0) is 31.1. The molecule has 3 aliphatic rings. The van der Waals surface area contributed by atoms with Crippen LogP contribution in [-0.4, -0.2) is 29.7 Å². The van der Waals surface area contributed by atoms with Crippen molar-refractivity contribution in [2.75, 3.05) is 4.90 Å². The van der Waals surface area contributed by atoms with Gasteiger partial charge in [0.15, 0.2) is 6.10 Å². The van der Waals surface area contributed by atoms with Gasteiger partial charge >= 0.3 is 5.97 Å². The molecule has 6 atom stereocenters. The van der Waals surface area contributed by atoms with Gasteiger partial charge in [-0.15, -0.1) is 0 Å². The second-order valence-electron chi connectivity index (χ2n) is 12.2. The fourth-order valence-corrected chi connectivity index (χ4v) is 7.54. The number of hydrogen-bond donors (Lipinski definition) is 0. The number of benzene rings is 4. The third kappa shape index (κ3) is 5.33. The lowest BCUT2D eigenvalue weighted by atomic mass is 9.73. The summed E-state index contributed by atoms with van der Waals surface area (Å²) < 4.78 is 11.3. The summed E-state index contributed by atoms with van der Waals surface area (Å²) in [6, 6.07) is 33.1. The lowest BCUT2D eigenvalue weighted by Crippen LogP contribution is -2.33. The number of imide groups is 1. The van der Waals surface area contributed by atoms with Crippen molar-refractivity contribution in [3.63, 3.8) is 0 Å². The number of esters is 1. The summed E-state index contributed by atoms with van der Waals surface area (Å²) in [4.78, 5) is 54.8. The van der Waals surface area contributed by atoms with Crippen LogP contribution in [0.1, 0.15) is 57.5 Å². The molecule has 3 fully saturated rings. The molecule has 0 spiro atoms. The standard InChI is InChI=1S/C38H33NO6/c1-23(35(40)26-15-17-30(18-16-26)44-22-24-9-4-2-5-10-24)45-38(43)27-13-8-14-29(19-27)39-36(41)33-28-20-31(25-11-6-3-7-12-25)32(21-28)34(33)37(39)42/h2-19,23,28,31-34H,20-22H2,1H3/t23-,28-,31+,32+,33+,34+/m0/s1. The Hall–Kier alpha value is -5.04. The summed E-state index contributed by atoms with van der Waals surface area (Å²) in [5.41, 5.74) is 3.17. The minimum Gasteiger partial charge on any atom is -0.489 e. The van der Waals surface area contributed by atoms with E-state index in [0.29, 0.717) is 23.6 Å². The SMILES string of the molecule is C[C@H](OC(=O)c1cccc(N2C(=O)[C@@H]3[C@@H]4C[C@@H]([C@H]3C2=O)[C@@H](c2ccccc2)C4)c1)C(=O)c1ccc(OCc2ccccc2)cc1. The van der Waals surface area contributed by atoms with E-state index in [-0.39, 0.29) is 52.8 Å². The van der Waals surface area contributed by atoms with E-state index in [1.807, 2.05) is 48.5 Å². The molecular formula is C38H33NO6. The van der Waals surface area contributed by atoms with Gasteiger partial charge in [-0.3, -0.25) is 19.3 Å². The Morgan fingerprint density at radius 3 is 2.20 bits per heavy atom. The second kappa shape index (κ2) is 11.8. The molecule has 1 heterocycles. The summed E-state index contributed by atoms with van der Waals surface area (Å²) in [6.45, 7) is 1.93.